The maximum Gasteiger partial charge on any atom is 0.220 e. The molecule has 0 aromatic heterocycles. The fourth-order valence-corrected chi connectivity index (χ4v) is 2.02. The summed E-state index contributed by atoms with van der Waals surface area (Å²) in [5.41, 5.74) is 5.68. The smallest absolute Gasteiger partial charge is 0.220 e. The molecular weight excluding hydrogens is 263 g/mol. The topological polar surface area (TPSA) is 46.3 Å². The average molecular weight is 275 g/mol. The van der Waals surface area contributed by atoms with E-state index in [1.807, 2.05) is 0 Å². The Morgan fingerprint density at radius 3 is 2.59 bits per heavy atom. The Kier molecular flexibility index (Phi) is 4.42. The standard InChI is InChI=1S/C11H12ClFN2OS/c1-6(16)15(2)10(11(14)17)9-7(12)4-3-5-8(9)13/h3-5,10H,1-2H3,(H2,14,17). The van der Waals surface area contributed by atoms with Gasteiger partial charge in [0, 0.05) is 24.6 Å². The second-order valence-electron chi connectivity index (χ2n) is 3.57. The van der Waals surface area contributed by atoms with Gasteiger partial charge in [0.25, 0.3) is 0 Å². The summed E-state index contributed by atoms with van der Waals surface area (Å²) in [4.78, 5) is 12.6. The van der Waals surface area contributed by atoms with Crippen LogP contribution < -0.4 is 5.73 Å². The van der Waals surface area contributed by atoms with Crippen molar-refractivity contribution in [3.63, 3.8) is 0 Å². The number of halogens is 2. The van der Waals surface area contributed by atoms with Gasteiger partial charge in [-0.2, -0.15) is 0 Å². The highest BCUT2D eigenvalue weighted by molar-refractivity contribution is 7.80. The average Bonchev–Trinajstić information content (AvgIpc) is 2.22. The Hall–Kier alpha value is -1.20. The highest BCUT2D eigenvalue weighted by atomic mass is 35.5. The van der Waals surface area contributed by atoms with Crippen molar-refractivity contribution >= 4 is 34.7 Å². The molecule has 1 unspecified atom stereocenters. The summed E-state index contributed by atoms with van der Waals surface area (Å²) in [6.07, 6.45) is 0. The molecule has 1 rings (SSSR count). The molecular formula is C11H12ClFN2OS. The summed E-state index contributed by atoms with van der Waals surface area (Å²) in [5.74, 6) is -0.814. The summed E-state index contributed by atoms with van der Waals surface area (Å²) in [7, 11) is 1.49. The first kappa shape index (κ1) is 13.9. The first-order valence-electron chi connectivity index (χ1n) is 4.83. The Morgan fingerprint density at radius 1 is 1.59 bits per heavy atom. The van der Waals surface area contributed by atoms with E-state index in [-0.39, 0.29) is 21.5 Å². The monoisotopic (exact) mass is 274 g/mol. The highest BCUT2D eigenvalue weighted by Crippen LogP contribution is 2.29. The molecule has 0 saturated heterocycles. The zero-order valence-corrected chi connectivity index (χ0v) is 11.0. The van der Waals surface area contributed by atoms with Gasteiger partial charge in [-0.3, -0.25) is 4.79 Å². The Labute approximate surface area is 109 Å². The van der Waals surface area contributed by atoms with Gasteiger partial charge in [0.2, 0.25) is 5.91 Å². The zero-order valence-electron chi connectivity index (χ0n) is 9.41. The van der Waals surface area contributed by atoms with Crippen molar-refractivity contribution in [1.82, 2.24) is 4.90 Å². The molecule has 0 saturated carbocycles. The SMILES string of the molecule is CC(=O)N(C)C(C(N)=S)c1c(F)cccc1Cl. The van der Waals surface area contributed by atoms with Gasteiger partial charge in [-0.25, -0.2) is 4.39 Å². The first-order chi connectivity index (χ1) is 7.86. The minimum atomic E-state index is -0.837. The Morgan fingerprint density at radius 2 is 2.18 bits per heavy atom. The number of nitrogens with zero attached hydrogens (tertiary/aromatic N) is 1. The highest BCUT2D eigenvalue weighted by Gasteiger charge is 2.27. The number of carbonyl (C=O) groups is 1. The largest absolute Gasteiger partial charge is 0.391 e. The summed E-state index contributed by atoms with van der Waals surface area (Å²) < 4.78 is 13.7. The lowest BCUT2D eigenvalue weighted by Crippen LogP contribution is -2.37. The van der Waals surface area contributed by atoms with Crippen LogP contribution in [-0.4, -0.2) is 22.8 Å². The molecule has 1 aromatic carbocycles. The normalized spacial score (nSPS) is 12.0. The van der Waals surface area contributed by atoms with Crippen molar-refractivity contribution in [3.8, 4) is 0 Å². The van der Waals surface area contributed by atoms with Crippen molar-refractivity contribution in [2.24, 2.45) is 5.73 Å². The number of benzene rings is 1. The molecule has 0 aliphatic carbocycles. The molecule has 3 nitrogen and oxygen atoms in total. The molecule has 0 aliphatic heterocycles. The van der Waals surface area contributed by atoms with Crippen molar-refractivity contribution < 1.29 is 9.18 Å². The van der Waals surface area contributed by atoms with Crippen LogP contribution in [0.4, 0.5) is 4.39 Å². The maximum absolute atomic E-state index is 13.7. The first-order valence-corrected chi connectivity index (χ1v) is 5.61. The van der Waals surface area contributed by atoms with Crippen molar-refractivity contribution in [2.75, 3.05) is 7.05 Å². The molecule has 1 amide bonds. The summed E-state index contributed by atoms with van der Waals surface area (Å²) in [6, 6.07) is 3.42. The third-order valence-corrected chi connectivity index (χ3v) is 2.98. The molecule has 0 aliphatic rings. The summed E-state index contributed by atoms with van der Waals surface area (Å²) >= 11 is 10.8. The molecule has 0 heterocycles. The van der Waals surface area contributed by atoms with E-state index in [1.54, 1.807) is 0 Å². The van der Waals surface area contributed by atoms with E-state index in [9.17, 15) is 9.18 Å². The predicted molar refractivity (Wildman–Crippen MR) is 69.4 cm³/mol. The molecule has 17 heavy (non-hydrogen) atoms. The van der Waals surface area contributed by atoms with Crippen molar-refractivity contribution in [1.29, 1.82) is 0 Å². The number of carbonyl (C=O) groups excluding carboxylic acids is 1. The quantitative estimate of drug-likeness (QED) is 0.860. The van der Waals surface area contributed by atoms with E-state index < -0.39 is 11.9 Å². The molecule has 1 aromatic rings. The van der Waals surface area contributed by atoms with Crippen molar-refractivity contribution in [3.05, 3.63) is 34.6 Å². The zero-order chi connectivity index (χ0) is 13.2. The molecule has 6 heteroatoms. The Bertz CT molecular complexity index is 447. The third-order valence-electron chi connectivity index (χ3n) is 2.43. The number of nitrogens with two attached hydrogens (primary N) is 1. The van der Waals surface area contributed by atoms with Crippen LogP contribution in [0.3, 0.4) is 0 Å². The number of rotatable bonds is 3. The number of hydrogen-bond acceptors (Lipinski definition) is 2. The second kappa shape index (κ2) is 5.42. The van der Waals surface area contributed by atoms with Gasteiger partial charge >= 0.3 is 0 Å². The van der Waals surface area contributed by atoms with Crippen molar-refractivity contribution in [2.45, 2.75) is 13.0 Å². The molecule has 0 fully saturated rings. The van der Waals surface area contributed by atoms with Crippen LogP contribution in [0.5, 0.6) is 0 Å². The van der Waals surface area contributed by atoms with Crippen LogP contribution in [0, 0.1) is 5.82 Å². The predicted octanol–water partition coefficient (Wildman–Crippen LogP) is 2.28. The minimum absolute atomic E-state index is 0.00491. The van der Waals surface area contributed by atoms with Crippen LogP contribution >= 0.6 is 23.8 Å². The third kappa shape index (κ3) is 2.92. The van der Waals surface area contributed by atoms with Crippen LogP contribution in [0.1, 0.15) is 18.5 Å². The van der Waals surface area contributed by atoms with Crippen LogP contribution in [0.15, 0.2) is 18.2 Å². The second-order valence-corrected chi connectivity index (χ2v) is 4.45. The van der Waals surface area contributed by atoms with E-state index in [0.717, 1.165) is 0 Å². The van der Waals surface area contributed by atoms with E-state index in [2.05, 4.69) is 0 Å². The number of hydrogen-bond donors (Lipinski definition) is 1. The number of likely N-dealkylation sites (N-methyl/N-ethyl adjacent to an activating group) is 1. The Balaban J connectivity index is 3.33. The van der Waals surface area contributed by atoms with Gasteiger partial charge in [0.05, 0.1) is 0 Å². The molecule has 1 atom stereocenters. The summed E-state index contributed by atoms with van der Waals surface area (Å²) in [6.45, 7) is 1.35. The van der Waals surface area contributed by atoms with Gasteiger partial charge in [-0.1, -0.05) is 29.9 Å². The van der Waals surface area contributed by atoms with E-state index in [0.29, 0.717) is 0 Å². The van der Waals surface area contributed by atoms with Gasteiger partial charge < -0.3 is 10.6 Å². The van der Waals surface area contributed by atoms with Crippen LogP contribution in [0.25, 0.3) is 0 Å². The van der Waals surface area contributed by atoms with Crippen LogP contribution in [0.2, 0.25) is 5.02 Å². The molecule has 0 radical (unpaired) electrons. The van der Waals surface area contributed by atoms with E-state index in [1.165, 1.54) is 37.1 Å². The van der Waals surface area contributed by atoms with Gasteiger partial charge in [-0.05, 0) is 12.1 Å². The molecule has 0 spiro atoms. The van der Waals surface area contributed by atoms with Gasteiger partial charge in [0.15, 0.2) is 0 Å². The van der Waals surface area contributed by atoms with E-state index in [4.69, 9.17) is 29.6 Å². The van der Waals surface area contributed by atoms with Gasteiger partial charge in [-0.15, -0.1) is 0 Å². The molecule has 92 valence electrons. The molecule has 0 bridgehead atoms. The lowest BCUT2D eigenvalue weighted by molar-refractivity contribution is -0.128. The fourth-order valence-electron chi connectivity index (χ4n) is 1.48. The van der Waals surface area contributed by atoms with E-state index >= 15 is 0 Å². The maximum atomic E-state index is 13.7. The number of amides is 1. The van der Waals surface area contributed by atoms with Gasteiger partial charge in [0.1, 0.15) is 16.8 Å². The lowest BCUT2D eigenvalue weighted by Gasteiger charge is -2.27. The minimum Gasteiger partial charge on any atom is -0.391 e. The fraction of sp³-hybridized carbons (Fsp3) is 0.273. The summed E-state index contributed by atoms with van der Waals surface area (Å²) in [5, 5.41) is 0.191. The lowest BCUT2D eigenvalue weighted by atomic mass is 10.0. The molecule has 2 N–H and O–H groups in total. The number of thiocarbonyl (C=S) groups is 1. The van der Waals surface area contributed by atoms with Crippen LogP contribution in [-0.2, 0) is 4.79 Å².